The highest BCUT2D eigenvalue weighted by Gasteiger charge is 2.10. The van der Waals surface area contributed by atoms with Crippen molar-refractivity contribution in [2.24, 2.45) is 0 Å². The van der Waals surface area contributed by atoms with E-state index in [2.05, 4.69) is 4.98 Å². The Bertz CT molecular complexity index is 547. The highest BCUT2D eigenvalue weighted by Crippen LogP contribution is 2.24. The van der Waals surface area contributed by atoms with Crippen LogP contribution in [0.25, 0.3) is 11.1 Å². The fraction of sp³-hybridized carbons (Fsp3) is 0.273. The molecule has 0 atom stereocenters. The fourth-order valence-electron chi connectivity index (χ4n) is 1.52. The Morgan fingerprint density at radius 2 is 2.31 bits per heavy atom. The number of carboxylic acids is 1. The molecule has 4 nitrogen and oxygen atoms in total. The number of nitrogens with zero attached hydrogens (tertiary/aromatic N) is 1. The lowest BCUT2D eigenvalue weighted by molar-refractivity contribution is -0.137. The van der Waals surface area contributed by atoms with Gasteiger partial charge in [-0.15, -0.1) is 0 Å². The molecule has 0 saturated heterocycles. The number of aliphatic carboxylic acids is 1. The van der Waals surface area contributed by atoms with Crippen molar-refractivity contribution in [3.05, 3.63) is 28.6 Å². The molecule has 1 aromatic heterocycles. The Labute approximate surface area is 96.8 Å². The summed E-state index contributed by atoms with van der Waals surface area (Å²) in [6.07, 6.45) is 0.306. The minimum atomic E-state index is -0.864. The zero-order valence-corrected chi connectivity index (χ0v) is 9.41. The summed E-state index contributed by atoms with van der Waals surface area (Å²) >= 11 is 5.88. The second kappa shape index (κ2) is 4.14. The highest BCUT2D eigenvalue weighted by molar-refractivity contribution is 6.31. The molecule has 5 heteroatoms. The van der Waals surface area contributed by atoms with Crippen LogP contribution in [0.2, 0.25) is 5.02 Å². The number of halogens is 1. The van der Waals surface area contributed by atoms with Gasteiger partial charge in [0.05, 0.1) is 6.42 Å². The molecule has 1 N–H and O–H groups in total. The lowest BCUT2D eigenvalue weighted by atomic mass is 10.2. The van der Waals surface area contributed by atoms with Crippen molar-refractivity contribution in [3.63, 3.8) is 0 Å². The number of fused-ring (bicyclic) bond motifs is 1. The maximum Gasteiger partial charge on any atom is 0.303 e. The van der Waals surface area contributed by atoms with Crippen LogP contribution in [0.1, 0.15) is 17.9 Å². The van der Waals surface area contributed by atoms with Gasteiger partial charge in [-0.2, -0.15) is 0 Å². The third-order valence-electron chi connectivity index (χ3n) is 2.24. The Morgan fingerprint density at radius 1 is 1.56 bits per heavy atom. The summed E-state index contributed by atoms with van der Waals surface area (Å²) in [4.78, 5) is 14.6. The van der Waals surface area contributed by atoms with Crippen LogP contribution in [0, 0.1) is 6.92 Å². The smallest absolute Gasteiger partial charge is 0.303 e. The van der Waals surface area contributed by atoms with E-state index in [4.69, 9.17) is 21.1 Å². The molecule has 0 aliphatic rings. The van der Waals surface area contributed by atoms with Crippen LogP contribution in [0.3, 0.4) is 0 Å². The van der Waals surface area contributed by atoms with Crippen LogP contribution in [-0.4, -0.2) is 16.1 Å². The number of carboxylic acid groups (broad SMARTS) is 1. The Morgan fingerprint density at radius 3 is 3.00 bits per heavy atom. The van der Waals surface area contributed by atoms with Crippen molar-refractivity contribution in [3.8, 4) is 0 Å². The van der Waals surface area contributed by atoms with Crippen molar-refractivity contribution in [2.75, 3.05) is 0 Å². The van der Waals surface area contributed by atoms with Gasteiger partial charge >= 0.3 is 5.97 Å². The number of hydrogen-bond acceptors (Lipinski definition) is 3. The second-order valence-corrected chi connectivity index (χ2v) is 4.01. The standard InChI is InChI=1S/C11H10ClNO3/c1-6-4-7(12)5-8-11(6)16-9(13-8)2-3-10(14)15/h4-5H,2-3H2,1H3,(H,14,15). The number of rotatable bonds is 3. The molecule has 0 aliphatic heterocycles. The van der Waals surface area contributed by atoms with Crippen molar-refractivity contribution in [1.82, 2.24) is 4.98 Å². The molecule has 0 amide bonds. The average molecular weight is 240 g/mol. The summed E-state index contributed by atoms with van der Waals surface area (Å²) < 4.78 is 5.47. The molecule has 0 unspecified atom stereocenters. The molecule has 0 bridgehead atoms. The Hall–Kier alpha value is -1.55. The number of aryl methyl sites for hydroxylation is 2. The van der Waals surface area contributed by atoms with E-state index in [1.54, 1.807) is 12.1 Å². The predicted molar refractivity (Wildman–Crippen MR) is 59.7 cm³/mol. The van der Waals surface area contributed by atoms with Crippen LogP contribution in [0.5, 0.6) is 0 Å². The van der Waals surface area contributed by atoms with Crippen molar-refractivity contribution >= 4 is 28.7 Å². The first kappa shape index (κ1) is 11.0. The summed E-state index contributed by atoms with van der Waals surface area (Å²) in [5.74, 6) is -0.431. The van der Waals surface area contributed by atoms with Gasteiger partial charge in [0.2, 0.25) is 0 Å². The van der Waals surface area contributed by atoms with Crippen molar-refractivity contribution < 1.29 is 14.3 Å². The second-order valence-electron chi connectivity index (χ2n) is 3.57. The zero-order chi connectivity index (χ0) is 11.7. The molecule has 2 aromatic rings. The fourth-order valence-corrected chi connectivity index (χ4v) is 1.79. The lowest BCUT2D eigenvalue weighted by Crippen LogP contribution is -1.97. The normalized spacial score (nSPS) is 10.9. The molecule has 1 aromatic carbocycles. The van der Waals surface area contributed by atoms with E-state index >= 15 is 0 Å². The molecule has 0 saturated carbocycles. The molecular formula is C11H10ClNO3. The van der Waals surface area contributed by atoms with Gasteiger partial charge in [-0.3, -0.25) is 4.79 Å². The van der Waals surface area contributed by atoms with Gasteiger partial charge in [-0.05, 0) is 24.6 Å². The summed E-state index contributed by atoms with van der Waals surface area (Å²) in [5.41, 5.74) is 2.24. The van der Waals surface area contributed by atoms with E-state index in [-0.39, 0.29) is 6.42 Å². The number of oxazole rings is 1. The van der Waals surface area contributed by atoms with Crippen molar-refractivity contribution in [2.45, 2.75) is 19.8 Å². The van der Waals surface area contributed by atoms with E-state index in [9.17, 15) is 4.79 Å². The quantitative estimate of drug-likeness (QED) is 0.895. The topological polar surface area (TPSA) is 63.3 Å². The first-order valence-corrected chi connectivity index (χ1v) is 5.21. The highest BCUT2D eigenvalue weighted by atomic mass is 35.5. The first-order chi connectivity index (χ1) is 7.56. The van der Waals surface area contributed by atoms with E-state index in [1.807, 2.05) is 6.92 Å². The SMILES string of the molecule is Cc1cc(Cl)cc2nc(CCC(=O)O)oc12. The number of hydrogen-bond donors (Lipinski definition) is 1. The Kier molecular flexibility index (Phi) is 2.83. The summed E-state index contributed by atoms with van der Waals surface area (Å²) in [6.45, 7) is 1.88. The number of aromatic nitrogens is 1. The molecule has 16 heavy (non-hydrogen) atoms. The van der Waals surface area contributed by atoms with Gasteiger partial charge in [-0.25, -0.2) is 4.98 Å². The molecule has 84 valence electrons. The van der Waals surface area contributed by atoms with Crippen molar-refractivity contribution in [1.29, 1.82) is 0 Å². The monoisotopic (exact) mass is 239 g/mol. The molecule has 0 radical (unpaired) electrons. The minimum absolute atomic E-state index is 0.0135. The van der Waals surface area contributed by atoms with Gasteiger partial charge in [0, 0.05) is 11.4 Å². The molecule has 2 rings (SSSR count). The van der Waals surface area contributed by atoms with Crippen LogP contribution in [0.4, 0.5) is 0 Å². The first-order valence-electron chi connectivity index (χ1n) is 4.83. The predicted octanol–water partition coefficient (Wildman–Crippen LogP) is 2.81. The van der Waals surface area contributed by atoms with Crippen LogP contribution < -0.4 is 0 Å². The summed E-state index contributed by atoms with van der Waals surface area (Å²) in [5, 5.41) is 9.16. The van der Waals surface area contributed by atoms with E-state index in [0.717, 1.165) is 5.56 Å². The van der Waals surface area contributed by atoms with E-state index in [1.165, 1.54) is 0 Å². The van der Waals surface area contributed by atoms with Gasteiger partial charge in [0.1, 0.15) is 5.52 Å². The van der Waals surface area contributed by atoms with Crippen LogP contribution in [-0.2, 0) is 11.2 Å². The molecule has 0 fully saturated rings. The van der Waals surface area contributed by atoms with Gasteiger partial charge in [-0.1, -0.05) is 11.6 Å². The Balaban J connectivity index is 2.36. The summed E-state index contributed by atoms with van der Waals surface area (Å²) in [7, 11) is 0. The maximum absolute atomic E-state index is 10.4. The number of carbonyl (C=O) groups is 1. The average Bonchev–Trinajstić information content (AvgIpc) is 2.57. The molecular weight excluding hydrogens is 230 g/mol. The molecule has 1 heterocycles. The molecule has 0 aliphatic carbocycles. The third-order valence-corrected chi connectivity index (χ3v) is 2.46. The lowest BCUT2D eigenvalue weighted by Gasteiger charge is -1.93. The molecule has 0 spiro atoms. The van der Waals surface area contributed by atoms with Crippen LogP contribution in [0.15, 0.2) is 16.5 Å². The number of benzene rings is 1. The van der Waals surface area contributed by atoms with Gasteiger partial charge in [0.25, 0.3) is 0 Å². The van der Waals surface area contributed by atoms with Gasteiger partial charge in [0.15, 0.2) is 11.5 Å². The van der Waals surface area contributed by atoms with Crippen LogP contribution >= 0.6 is 11.6 Å². The van der Waals surface area contributed by atoms with E-state index < -0.39 is 5.97 Å². The third kappa shape index (κ3) is 2.17. The maximum atomic E-state index is 10.4. The summed E-state index contributed by atoms with van der Waals surface area (Å²) in [6, 6.07) is 3.49. The minimum Gasteiger partial charge on any atom is -0.481 e. The zero-order valence-electron chi connectivity index (χ0n) is 8.66. The largest absolute Gasteiger partial charge is 0.481 e. The van der Waals surface area contributed by atoms with Gasteiger partial charge < -0.3 is 9.52 Å². The van der Waals surface area contributed by atoms with E-state index in [0.29, 0.717) is 28.4 Å².